The Morgan fingerprint density at radius 3 is 2.83 bits per heavy atom. The Morgan fingerprint density at radius 1 is 1.72 bits per heavy atom. The van der Waals surface area contributed by atoms with Gasteiger partial charge in [-0.2, -0.15) is 16.9 Å². The van der Waals surface area contributed by atoms with Crippen molar-refractivity contribution < 1.29 is 9.90 Å². The summed E-state index contributed by atoms with van der Waals surface area (Å²) >= 11 is 1.51. The van der Waals surface area contributed by atoms with Crippen LogP contribution >= 0.6 is 11.8 Å². The van der Waals surface area contributed by atoms with Crippen LogP contribution in [0.2, 0.25) is 0 Å². The van der Waals surface area contributed by atoms with Crippen LogP contribution in [0.15, 0.2) is 6.20 Å². The van der Waals surface area contributed by atoms with Crippen molar-refractivity contribution in [2.24, 2.45) is 0 Å². The zero-order chi connectivity index (χ0) is 13.7. The van der Waals surface area contributed by atoms with Gasteiger partial charge in [-0.1, -0.05) is 0 Å². The lowest BCUT2D eigenvalue weighted by Crippen LogP contribution is -2.41. The van der Waals surface area contributed by atoms with Crippen molar-refractivity contribution in [1.29, 1.82) is 0 Å². The molecule has 1 amide bonds. The average molecular weight is 272 g/mol. The summed E-state index contributed by atoms with van der Waals surface area (Å²) in [5.74, 6) is -0.306. The fraction of sp³-hybridized carbons (Fsp3) is 0.636. The number of amides is 1. The summed E-state index contributed by atoms with van der Waals surface area (Å²) in [6, 6.07) is -0.149. The van der Waals surface area contributed by atoms with Gasteiger partial charge in [0.05, 0.1) is 12.3 Å². The first-order valence-electron chi connectivity index (χ1n) is 5.80. The van der Waals surface area contributed by atoms with Gasteiger partial charge in [-0.25, -0.2) is 0 Å². The number of carbonyl (C=O) groups excluding carboxylic acids is 1. The molecular weight excluding hydrogens is 252 g/mol. The molecule has 2 unspecified atom stereocenters. The van der Waals surface area contributed by atoms with Crippen molar-refractivity contribution in [3.63, 3.8) is 0 Å². The normalized spacial score (nSPS) is 14.2. The summed E-state index contributed by atoms with van der Waals surface area (Å²) in [4.78, 5) is 12.0. The van der Waals surface area contributed by atoms with Gasteiger partial charge in [0.2, 0.25) is 0 Å². The highest BCUT2D eigenvalue weighted by Crippen LogP contribution is 2.13. The van der Waals surface area contributed by atoms with E-state index in [-0.39, 0.29) is 29.5 Å². The molecule has 1 aromatic rings. The molecule has 0 aromatic carbocycles. The number of aliphatic hydroxyl groups excluding tert-OH is 1. The summed E-state index contributed by atoms with van der Waals surface area (Å²) in [5.41, 5.74) is 6.34. The smallest absolute Gasteiger partial charge is 0.274 e. The minimum absolute atomic E-state index is 0.0154. The number of nitrogens with one attached hydrogen (secondary N) is 1. The van der Waals surface area contributed by atoms with Crippen molar-refractivity contribution in [2.75, 3.05) is 18.6 Å². The van der Waals surface area contributed by atoms with Gasteiger partial charge in [0.1, 0.15) is 0 Å². The molecule has 7 heteroatoms. The van der Waals surface area contributed by atoms with Crippen LogP contribution in [0.1, 0.15) is 24.3 Å². The van der Waals surface area contributed by atoms with Gasteiger partial charge in [0, 0.05) is 24.0 Å². The fourth-order valence-corrected chi connectivity index (χ4v) is 2.21. The van der Waals surface area contributed by atoms with Gasteiger partial charge in [-0.05, 0) is 20.1 Å². The van der Waals surface area contributed by atoms with Crippen LogP contribution in [-0.2, 0) is 6.54 Å². The van der Waals surface area contributed by atoms with Crippen molar-refractivity contribution in [2.45, 2.75) is 31.7 Å². The minimum atomic E-state index is -0.306. The number of aryl methyl sites for hydroxylation is 1. The lowest BCUT2D eigenvalue weighted by Gasteiger charge is -2.20. The summed E-state index contributed by atoms with van der Waals surface area (Å²) in [6.45, 7) is 4.45. The number of hydrogen-bond acceptors (Lipinski definition) is 5. The Balaban J connectivity index is 2.72. The van der Waals surface area contributed by atoms with Gasteiger partial charge in [0.15, 0.2) is 5.69 Å². The second kappa shape index (κ2) is 6.65. The molecule has 0 bridgehead atoms. The number of nitrogens with two attached hydrogens (primary N) is 1. The first-order valence-corrected chi connectivity index (χ1v) is 7.09. The average Bonchev–Trinajstić information content (AvgIpc) is 2.72. The van der Waals surface area contributed by atoms with Crippen molar-refractivity contribution in [3.8, 4) is 0 Å². The molecule has 2 atom stereocenters. The zero-order valence-electron chi connectivity index (χ0n) is 10.9. The van der Waals surface area contributed by atoms with E-state index < -0.39 is 0 Å². The topological polar surface area (TPSA) is 93.2 Å². The minimum Gasteiger partial charge on any atom is -0.396 e. The number of thioether (sulfide) groups is 1. The van der Waals surface area contributed by atoms with Gasteiger partial charge in [-0.3, -0.25) is 9.48 Å². The van der Waals surface area contributed by atoms with E-state index in [1.54, 1.807) is 10.9 Å². The Labute approximate surface area is 111 Å². The van der Waals surface area contributed by atoms with E-state index in [4.69, 9.17) is 10.8 Å². The Kier molecular flexibility index (Phi) is 5.49. The molecule has 18 heavy (non-hydrogen) atoms. The lowest BCUT2D eigenvalue weighted by atomic mass is 10.2. The molecule has 0 aliphatic carbocycles. The number of anilines is 1. The maximum atomic E-state index is 12.0. The van der Waals surface area contributed by atoms with E-state index in [1.807, 2.05) is 20.1 Å². The highest BCUT2D eigenvalue weighted by atomic mass is 32.2. The third-order valence-corrected chi connectivity index (χ3v) is 3.89. The molecule has 0 saturated carbocycles. The van der Waals surface area contributed by atoms with Gasteiger partial charge in [0.25, 0.3) is 5.91 Å². The predicted octanol–water partition coefficient (Wildman–Crippen LogP) is 0.327. The maximum Gasteiger partial charge on any atom is 0.274 e. The van der Waals surface area contributed by atoms with Crippen LogP contribution in [0.4, 0.5) is 5.69 Å². The number of hydrogen-bond donors (Lipinski definition) is 3. The molecule has 0 aliphatic rings. The molecule has 102 valence electrons. The van der Waals surface area contributed by atoms with E-state index in [2.05, 4.69) is 10.4 Å². The van der Waals surface area contributed by atoms with Crippen LogP contribution in [-0.4, -0.2) is 44.9 Å². The summed E-state index contributed by atoms with van der Waals surface area (Å²) in [6.07, 6.45) is 3.53. The van der Waals surface area contributed by atoms with Crippen molar-refractivity contribution in [1.82, 2.24) is 15.1 Å². The molecule has 4 N–H and O–H groups in total. The number of aliphatic hydroxyl groups is 1. The summed E-state index contributed by atoms with van der Waals surface area (Å²) < 4.78 is 1.62. The number of carbonyl (C=O) groups is 1. The highest BCUT2D eigenvalue weighted by molar-refractivity contribution is 7.99. The molecule has 1 heterocycles. The third-order valence-electron chi connectivity index (χ3n) is 2.73. The second-order valence-corrected chi connectivity index (χ2v) is 5.08. The van der Waals surface area contributed by atoms with Crippen LogP contribution < -0.4 is 11.1 Å². The number of rotatable bonds is 6. The number of nitrogens with zero attached hydrogens (tertiary/aromatic N) is 2. The van der Waals surface area contributed by atoms with Crippen molar-refractivity contribution >= 4 is 23.4 Å². The van der Waals surface area contributed by atoms with Crippen LogP contribution in [0.25, 0.3) is 0 Å². The van der Waals surface area contributed by atoms with Crippen LogP contribution in [0, 0.1) is 0 Å². The molecule has 0 saturated heterocycles. The van der Waals surface area contributed by atoms with Crippen molar-refractivity contribution in [3.05, 3.63) is 11.9 Å². The van der Waals surface area contributed by atoms with Crippen LogP contribution in [0.5, 0.6) is 0 Å². The van der Waals surface area contributed by atoms with Gasteiger partial charge >= 0.3 is 0 Å². The second-order valence-electron chi connectivity index (χ2n) is 4.01. The SMILES string of the molecule is CCn1cc(N)c(C(=O)NC(C)C(CO)SC)n1. The fourth-order valence-electron chi connectivity index (χ4n) is 1.58. The maximum absolute atomic E-state index is 12.0. The molecular formula is C11H20N4O2S. The van der Waals surface area contributed by atoms with Gasteiger partial charge in [-0.15, -0.1) is 0 Å². The van der Waals surface area contributed by atoms with E-state index in [0.29, 0.717) is 12.2 Å². The molecule has 6 nitrogen and oxygen atoms in total. The largest absolute Gasteiger partial charge is 0.396 e. The van der Waals surface area contributed by atoms with E-state index >= 15 is 0 Å². The number of aromatic nitrogens is 2. The molecule has 0 fully saturated rings. The van der Waals surface area contributed by atoms with E-state index in [9.17, 15) is 4.79 Å². The molecule has 1 rings (SSSR count). The van der Waals surface area contributed by atoms with Gasteiger partial charge < -0.3 is 16.2 Å². The standard InChI is InChI=1S/C11H20N4O2S/c1-4-15-5-8(12)10(14-15)11(17)13-7(2)9(6-16)18-3/h5,7,9,16H,4,6,12H2,1-3H3,(H,13,17). The van der Waals surface area contributed by atoms with E-state index in [1.165, 1.54) is 11.8 Å². The first kappa shape index (κ1) is 14.8. The van der Waals surface area contributed by atoms with Crippen LogP contribution in [0.3, 0.4) is 0 Å². The molecule has 0 radical (unpaired) electrons. The zero-order valence-corrected chi connectivity index (χ0v) is 11.7. The quantitative estimate of drug-likeness (QED) is 0.694. The Morgan fingerprint density at radius 2 is 2.39 bits per heavy atom. The third kappa shape index (κ3) is 3.39. The highest BCUT2D eigenvalue weighted by Gasteiger charge is 2.21. The van der Waals surface area contributed by atoms with E-state index in [0.717, 1.165) is 0 Å². The molecule has 0 aliphatic heterocycles. The Bertz CT molecular complexity index is 404. The summed E-state index contributed by atoms with van der Waals surface area (Å²) in [5, 5.41) is 16.0. The molecule has 0 spiro atoms. The Hall–Kier alpha value is -1.21. The number of nitrogen functional groups attached to an aromatic ring is 1. The monoisotopic (exact) mass is 272 g/mol. The molecule has 1 aromatic heterocycles. The lowest BCUT2D eigenvalue weighted by molar-refractivity contribution is 0.0931. The summed E-state index contributed by atoms with van der Waals surface area (Å²) in [7, 11) is 0. The predicted molar refractivity (Wildman–Crippen MR) is 73.6 cm³/mol. The first-order chi connectivity index (χ1) is 8.53.